The lowest BCUT2D eigenvalue weighted by atomic mass is 10.2. The van der Waals surface area contributed by atoms with Crippen LogP contribution in [0.3, 0.4) is 0 Å². The lowest BCUT2D eigenvalue weighted by Crippen LogP contribution is -2.21. The smallest absolute Gasteiger partial charge is 0.326 e. The second-order valence-corrected chi connectivity index (χ2v) is 7.45. The molecule has 0 atom stereocenters. The van der Waals surface area contributed by atoms with Crippen LogP contribution in [-0.4, -0.2) is 21.6 Å². The number of anilines is 2. The lowest BCUT2D eigenvalue weighted by molar-refractivity contribution is -0.143. The van der Waals surface area contributed by atoms with Gasteiger partial charge in [0.15, 0.2) is 5.69 Å². The highest BCUT2D eigenvalue weighted by atomic mass is 19.4. The Morgan fingerprint density at radius 1 is 1.03 bits per heavy atom. The number of carbonyl (C=O) groups is 2. The average Bonchev–Trinajstić information content (AvgIpc) is 3.46. The molecule has 1 heterocycles. The van der Waals surface area contributed by atoms with E-state index in [0.717, 1.165) is 24.6 Å². The Kier molecular flexibility index (Phi) is 5.26. The minimum atomic E-state index is -4.80. The van der Waals surface area contributed by atoms with Gasteiger partial charge in [0.2, 0.25) is 5.91 Å². The van der Waals surface area contributed by atoms with Gasteiger partial charge in [0.1, 0.15) is 0 Å². The first-order valence-corrected chi connectivity index (χ1v) is 9.67. The normalized spacial score (nSPS) is 13.7. The van der Waals surface area contributed by atoms with E-state index in [-0.39, 0.29) is 23.2 Å². The summed E-state index contributed by atoms with van der Waals surface area (Å²) in [7, 11) is 0. The molecule has 3 aromatic rings. The van der Waals surface area contributed by atoms with Crippen LogP contribution in [0.4, 0.5) is 24.5 Å². The molecule has 1 aromatic heterocycles. The highest BCUT2D eigenvalue weighted by Crippen LogP contribution is 2.34. The molecule has 0 bridgehead atoms. The number of nitrogens with zero attached hydrogens (tertiary/aromatic N) is 2. The fourth-order valence-corrected chi connectivity index (χ4v) is 3.13. The maximum absolute atomic E-state index is 13.8. The van der Waals surface area contributed by atoms with Crippen LogP contribution in [0.5, 0.6) is 0 Å². The zero-order chi connectivity index (χ0) is 22.2. The fraction of sp³-hybridized carbons (Fsp3) is 0.227. The summed E-state index contributed by atoms with van der Waals surface area (Å²) in [4.78, 5) is 24.6. The molecule has 2 aromatic carbocycles. The van der Waals surface area contributed by atoms with E-state index in [9.17, 15) is 22.8 Å². The third-order valence-electron chi connectivity index (χ3n) is 4.90. The van der Waals surface area contributed by atoms with Gasteiger partial charge in [-0.3, -0.25) is 9.59 Å². The molecule has 160 valence electrons. The van der Waals surface area contributed by atoms with E-state index < -0.39 is 23.3 Å². The van der Waals surface area contributed by atoms with Crippen LogP contribution in [0, 0.1) is 12.8 Å². The summed E-state index contributed by atoms with van der Waals surface area (Å²) in [5, 5.41) is 9.00. The van der Waals surface area contributed by atoms with E-state index in [1.54, 1.807) is 24.3 Å². The van der Waals surface area contributed by atoms with E-state index in [2.05, 4.69) is 15.7 Å². The Morgan fingerprint density at radius 2 is 1.68 bits per heavy atom. The molecule has 2 amide bonds. The van der Waals surface area contributed by atoms with Crippen molar-refractivity contribution in [3.63, 3.8) is 0 Å². The Balaban J connectivity index is 1.60. The minimum Gasteiger partial charge on any atom is -0.326 e. The van der Waals surface area contributed by atoms with Crippen molar-refractivity contribution in [2.75, 3.05) is 10.6 Å². The third kappa shape index (κ3) is 4.60. The van der Waals surface area contributed by atoms with Crippen LogP contribution in [-0.2, 0) is 11.0 Å². The molecule has 1 aliphatic rings. The van der Waals surface area contributed by atoms with Crippen LogP contribution in [0.25, 0.3) is 5.69 Å². The number of hydrogen-bond donors (Lipinski definition) is 2. The van der Waals surface area contributed by atoms with Gasteiger partial charge in [-0.05, 0) is 50.1 Å². The Hall–Kier alpha value is -3.62. The maximum Gasteiger partial charge on any atom is 0.434 e. The number of alkyl halides is 3. The van der Waals surface area contributed by atoms with Gasteiger partial charge in [0.25, 0.3) is 5.91 Å². The van der Waals surface area contributed by atoms with Crippen molar-refractivity contribution in [1.82, 2.24) is 9.78 Å². The molecule has 6 nitrogen and oxygen atoms in total. The summed E-state index contributed by atoms with van der Waals surface area (Å²) < 4.78 is 42.1. The summed E-state index contributed by atoms with van der Waals surface area (Å²) >= 11 is 0. The topological polar surface area (TPSA) is 76.0 Å². The standard InChI is InChI=1S/C22H19F3N4O2/c1-13-5-9-17(10-6-13)29-19(22(23,24)25)18(12-26-29)21(31)28-16-4-2-3-15(11-16)27-20(30)14-7-8-14/h2-6,9-12,14H,7-8H2,1H3,(H,27,30)(H,28,31). The Bertz CT molecular complexity index is 1130. The fourth-order valence-electron chi connectivity index (χ4n) is 3.13. The number of aryl methyl sites for hydroxylation is 1. The Morgan fingerprint density at radius 3 is 2.29 bits per heavy atom. The first kappa shape index (κ1) is 20.6. The van der Waals surface area contributed by atoms with Gasteiger partial charge in [0, 0.05) is 17.3 Å². The van der Waals surface area contributed by atoms with Gasteiger partial charge >= 0.3 is 6.18 Å². The molecular weight excluding hydrogens is 409 g/mol. The molecule has 1 aliphatic carbocycles. The quantitative estimate of drug-likeness (QED) is 0.613. The molecule has 0 unspecified atom stereocenters. The second-order valence-electron chi connectivity index (χ2n) is 7.45. The zero-order valence-corrected chi connectivity index (χ0v) is 16.5. The zero-order valence-electron chi connectivity index (χ0n) is 16.5. The molecule has 1 saturated carbocycles. The van der Waals surface area contributed by atoms with E-state index >= 15 is 0 Å². The number of carbonyl (C=O) groups excluding carboxylic acids is 2. The predicted octanol–water partition coefficient (Wildman–Crippen LogP) is 4.80. The van der Waals surface area contributed by atoms with Crippen LogP contribution < -0.4 is 10.6 Å². The summed E-state index contributed by atoms with van der Waals surface area (Å²) in [6, 6.07) is 12.6. The molecule has 31 heavy (non-hydrogen) atoms. The number of aromatic nitrogens is 2. The van der Waals surface area contributed by atoms with Crippen LogP contribution in [0.15, 0.2) is 54.7 Å². The van der Waals surface area contributed by atoms with Crippen molar-refractivity contribution in [3.05, 3.63) is 71.5 Å². The first-order valence-electron chi connectivity index (χ1n) is 9.67. The number of nitrogens with one attached hydrogen (secondary N) is 2. The molecule has 4 rings (SSSR count). The highest BCUT2D eigenvalue weighted by Gasteiger charge is 2.40. The average molecular weight is 428 g/mol. The van der Waals surface area contributed by atoms with Gasteiger partial charge in [0.05, 0.1) is 17.4 Å². The van der Waals surface area contributed by atoms with Crippen molar-refractivity contribution in [2.45, 2.75) is 25.9 Å². The molecular formula is C22H19F3N4O2. The Labute approximate surface area is 176 Å². The molecule has 1 fully saturated rings. The summed E-state index contributed by atoms with van der Waals surface area (Å²) in [6.45, 7) is 1.82. The van der Waals surface area contributed by atoms with E-state index in [1.807, 2.05) is 6.92 Å². The summed E-state index contributed by atoms with van der Waals surface area (Å²) in [5.74, 6) is -1.06. The second kappa shape index (κ2) is 7.90. The third-order valence-corrected chi connectivity index (χ3v) is 4.90. The van der Waals surface area contributed by atoms with E-state index in [4.69, 9.17) is 0 Å². The number of amides is 2. The van der Waals surface area contributed by atoms with Crippen LogP contribution in [0.1, 0.15) is 34.5 Å². The van der Waals surface area contributed by atoms with Crippen LogP contribution in [0.2, 0.25) is 0 Å². The van der Waals surface area contributed by atoms with Gasteiger partial charge in [-0.1, -0.05) is 23.8 Å². The van der Waals surface area contributed by atoms with Crippen molar-refractivity contribution in [3.8, 4) is 5.69 Å². The van der Waals surface area contributed by atoms with Gasteiger partial charge in [-0.2, -0.15) is 18.3 Å². The summed E-state index contributed by atoms with van der Waals surface area (Å²) in [6.07, 6.45) is -2.22. The highest BCUT2D eigenvalue weighted by molar-refractivity contribution is 6.05. The molecule has 9 heteroatoms. The molecule has 0 saturated heterocycles. The van der Waals surface area contributed by atoms with Crippen molar-refractivity contribution >= 4 is 23.2 Å². The molecule has 0 aliphatic heterocycles. The minimum absolute atomic E-state index is 0.000189. The van der Waals surface area contributed by atoms with Gasteiger partial charge < -0.3 is 10.6 Å². The van der Waals surface area contributed by atoms with E-state index in [1.165, 1.54) is 24.3 Å². The first-order chi connectivity index (χ1) is 14.7. The number of halogens is 3. The number of hydrogen-bond acceptors (Lipinski definition) is 3. The number of rotatable bonds is 5. The van der Waals surface area contributed by atoms with Crippen molar-refractivity contribution in [2.24, 2.45) is 5.92 Å². The molecule has 2 N–H and O–H groups in total. The van der Waals surface area contributed by atoms with Gasteiger partial charge in [-0.25, -0.2) is 4.68 Å². The van der Waals surface area contributed by atoms with Crippen molar-refractivity contribution < 1.29 is 22.8 Å². The van der Waals surface area contributed by atoms with Crippen molar-refractivity contribution in [1.29, 1.82) is 0 Å². The molecule has 0 radical (unpaired) electrons. The predicted molar refractivity (Wildman–Crippen MR) is 109 cm³/mol. The molecule has 0 spiro atoms. The number of benzene rings is 2. The van der Waals surface area contributed by atoms with Gasteiger partial charge in [-0.15, -0.1) is 0 Å². The summed E-state index contributed by atoms with van der Waals surface area (Å²) in [5.41, 5.74) is 0.0429. The maximum atomic E-state index is 13.8. The SMILES string of the molecule is Cc1ccc(-n2ncc(C(=O)Nc3cccc(NC(=O)C4CC4)c3)c2C(F)(F)F)cc1. The largest absolute Gasteiger partial charge is 0.434 e. The monoisotopic (exact) mass is 428 g/mol. The lowest BCUT2D eigenvalue weighted by Gasteiger charge is -2.13. The van der Waals surface area contributed by atoms with Crippen LogP contribution >= 0.6 is 0 Å². The van der Waals surface area contributed by atoms with E-state index in [0.29, 0.717) is 10.4 Å².